The summed E-state index contributed by atoms with van der Waals surface area (Å²) in [6.07, 6.45) is -1.57. The molecule has 2 atom stereocenters. The normalized spacial score (nSPS) is 35.9. The molecule has 2 aliphatic carbocycles. The van der Waals surface area contributed by atoms with E-state index in [0.717, 1.165) is 0 Å². The van der Waals surface area contributed by atoms with Crippen LogP contribution >= 0.6 is 0 Å². The van der Waals surface area contributed by atoms with Crippen LogP contribution in [0.25, 0.3) is 0 Å². The fourth-order valence-corrected chi connectivity index (χ4v) is 2.24. The highest BCUT2D eigenvalue weighted by Gasteiger charge is 2.72. The maximum Gasteiger partial charge on any atom is 0.372 e. The monoisotopic (exact) mass is 232 g/mol. The summed E-state index contributed by atoms with van der Waals surface area (Å²) in [5.74, 6) is -4.33. The number of alkyl halides is 2. The summed E-state index contributed by atoms with van der Waals surface area (Å²) in [5.41, 5.74) is -1.19. The molecule has 0 amide bonds. The Labute approximate surface area is 89.9 Å². The summed E-state index contributed by atoms with van der Waals surface area (Å²) < 4.78 is 30.7. The van der Waals surface area contributed by atoms with Crippen molar-refractivity contribution in [3.63, 3.8) is 0 Å². The second-order valence-corrected chi connectivity index (χ2v) is 4.38. The van der Waals surface area contributed by atoms with Gasteiger partial charge in [-0.05, 0) is 6.42 Å². The SMILES string of the molecule is O=CC(=O)OC1CC2(CCC1=O)CC2(F)F. The quantitative estimate of drug-likeness (QED) is 0.402. The summed E-state index contributed by atoms with van der Waals surface area (Å²) in [6.45, 7) is 0. The number of hydrogen-bond donors (Lipinski definition) is 0. The zero-order chi connectivity index (χ0) is 12.0. The molecule has 0 aromatic carbocycles. The van der Waals surface area contributed by atoms with Crippen molar-refractivity contribution in [1.82, 2.24) is 0 Å². The van der Waals surface area contributed by atoms with Crippen molar-refractivity contribution in [2.45, 2.75) is 37.7 Å². The summed E-state index contributed by atoms with van der Waals surface area (Å²) in [4.78, 5) is 32.1. The van der Waals surface area contributed by atoms with Gasteiger partial charge in [0.1, 0.15) is 0 Å². The van der Waals surface area contributed by atoms with Gasteiger partial charge in [0, 0.05) is 24.7 Å². The highest BCUT2D eigenvalue weighted by molar-refractivity contribution is 6.20. The largest absolute Gasteiger partial charge is 0.449 e. The molecule has 6 heteroatoms. The van der Waals surface area contributed by atoms with E-state index in [1.807, 2.05) is 0 Å². The fourth-order valence-electron chi connectivity index (χ4n) is 2.24. The number of hydrogen-bond acceptors (Lipinski definition) is 4. The third-order valence-electron chi connectivity index (χ3n) is 3.35. The maximum absolute atomic E-state index is 13.1. The van der Waals surface area contributed by atoms with Gasteiger partial charge in [0.05, 0.1) is 0 Å². The minimum absolute atomic E-state index is 0.0214. The van der Waals surface area contributed by atoms with Gasteiger partial charge in [-0.2, -0.15) is 0 Å². The second kappa shape index (κ2) is 3.33. The molecule has 0 aliphatic heterocycles. The Morgan fingerprint density at radius 1 is 1.50 bits per heavy atom. The highest BCUT2D eigenvalue weighted by atomic mass is 19.3. The van der Waals surface area contributed by atoms with E-state index in [0.29, 0.717) is 0 Å². The molecule has 2 unspecified atom stereocenters. The van der Waals surface area contributed by atoms with Gasteiger partial charge in [-0.3, -0.25) is 9.59 Å². The number of ketones is 1. The first kappa shape index (κ1) is 11.2. The molecule has 4 nitrogen and oxygen atoms in total. The van der Waals surface area contributed by atoms with E-state index in [2.05, 4.69) is 4.74 Å². The predicted molar refractivity (Wildman–Crippen MR) is 46.8 cm³/mol. The zero-order valence-electron chi connectivity index (χ0n) is 8.37. The lowest BCUT2D eigenvalue weighted by atomic mass is 9.83. The van der Waals surface area contributed by atoms with Gasteiger partial charge in [-0.1, -0.05) is 0 Å². The lowest BCUT2D eigenvalue weighted by molar-refractivity contribution is -0.160. The number of esters is 1. The van der Waals surface area contributed by atoms with Gasteiger partial charge in [0.25, 0.3) is 5.92 Å². The summed E-state index contributed by atoms with van der Waals surface area (Å²) in [5, 5.41) is 0. The van der Waals surface area contributed by atoms with Gasteiger partial charge in [0.15, 0.2) is 11.9 Å². The van der Waals surface area contributed by atoms with Crippen molar-refractivity contribution >= 4 is 18.0 Å². The molecule has 0 saturated heterocycles. The molecule has 0 aromatic heterocycles. The number of halogens is 2. The first-order valence-electron chi connectivity index (χ1n) is 4.97. The van der Waals surface area contributed by atoms with Crippen molar-refractivity contribution in [2.24, 2.45) is 5.41 Å². The molecule has 0 radical (unpaired) electrons. The van der Waals surface area contributed by atoms with Gasteiger partial charge in [0.2, 0.25) is 6.29 Å². The van der Waals surface area contributed by atoms with Crippen LogP contribution in [-0.2, 0) is 19.1 Å². The molecular formula is C10H10F2O4. The van der Waals surface area contributed by atoms with E-state index in [4.69, 9.17) is 0 Å². The molecule has 2 rings (SSSR count). The van der Waals surface area contributed by atoms with Crippen LogP contribution in [0.5, 0.6) is 0 Å². The number of aldehydes is 1. The smallest absolute Gasteiger partial charge is 0.372 e. The van der Waals surface area contributed by atoms with Gasteiger partial charge >= 0.3 is 5.97 Å². The summed E-state index contributed by atoms with van der Waals surface area (Å²) in [6, 6.07) is 0. The average molecular weight is 232 g/mol. The highest BCUT2D eigenvalue weighted by Crippen LogP contribution is 2.67. The molecule has 16 heavy (non-hydrogen) atoms. The van der Waals surface area contributed by atoms with E-state index in [9.17, 15) is 23.2 Å². The van der Waals surface area contributed by atoms with Crippen molar-refractivity contribution < 1.29 is 27.9 Å². The molecule has 88 valence electrons. The van der Waals surface area contributed by atoms with E-state index in [-0.39, 0.29) is 37.8 Å². The van der Waals surface area contributed by atoms with Crippen LogP contribution in [0.4, 0.5) is 8.78 Å². The third kappa shape index (κ3) is 1.62. The molecule has 0 bridgehead atoms. The van der Waals surface area contributed by atoms with Crippen molar-refractivity contribution in [2.75, 3.05) is 0 Å². The average Bonchev–Trinajstić information content (AvgIpc) is 2.74. The summed E-state index contributed by atoms with van der Waals surface area (Å²) in [7, 11) is 0. The number of ether oxygens (including phenoxy) is 1. The maximum atomic E-state index is 13.1. The predicted octanol–water partition coefficient (Wildman–Crippen LogP) is 0.875. The van der Waals surface area contributed by atoms with Crippen molar-refractivity contribution in [1.29, 1.82) is 0 Å². The third-order valence-corrected chi connectivity index (χ3v) is 3.35. The Hall–Kier alpha value is -1.33. The topological polar surface area (TPSA) is 60.4 Å². The van der Waals surface area contributed by atoms with E-state index in [1.165, 1.54) is 0 Å². The number of rotatable bonds is 2. The van der Waals surface area contributed by atoms with Crippen LogP contribution < -0.4 is 0 Å². The Bertz CT molecular complexity index is 366. The molecular weight excluding hydrogens is 222 g/mol. The van der Waals surface area contributed by atoms with Crippen LogP contribution in [0, 0.1) is 5.41 Å². The minimum Gasteiger partial charge on any atom is -0.449 e. The van der Waals surface area contributed by atoms with E-state index < -0.39 is 23.4 Å². The lowest BCUT2D eigenvalue weighted by Gasteiger charge is -2.27. The van der Waals surface area contributed by atoms with E-state index in [1.54, 1.807) is 0 Å². The van der Waals surface area contributed by atoms with Crippen LogP contribution in [0.1, 0.15) is 25.7 Å². The van der Waals surface area contributed by atoms with Crippen molar-refractivity contribution in [3.05, 3.63) is 0 Å². The molecule has 2 saturated carbocycles. The standard InChI is InChI=1S/C10H10F2O4/c11-10(12)5-9(10)2-1-6(14)7(3-9)16-8(15)4-13/h4,7H,1-3,5H2. The molecule has 2 fully saturated rings. The van der Waals surface area contributed by atoms with E-state index >= 15 is 0 Å². The van der Waals surface area contributed by atoms with Crippen LogP contribution in [-0.4, -0.2) is 30.1 Å². The number of carbonyl (C=O) groups excluding carboxylic acids is 3. The Morgan fingerprint density at radius 2 is 2.12 bits per heavy atom. The van der Waals surface area contributed by atoms with Crippen LogP contribution in [0.3, 0.4) is 0 Å². The first-order chi connectivity index (χ1) is 7.40. The lowest BCUT2D eigenvalue weighted by Crippen LogP contribution is -2.36. The minimum atomic E-state index is -2.76. The zero-order valence-corrected chi connectivity index (χ0v) is 8.37. The number of carbonyl (C=O) groups is 3. The summed E-state index contributed by atoms with van der Waals surface area (Å²) >= 11 is 0. The number of Topliss-reactive ketones (excluding diaryl/α,β-unsaturated/α-hetero) is 1. The van der Waals surface area contributed by atoms with Crippen molar-refractivity contribution in [3.8, 4) is 0 Å². The second-order valence-electron chi connectivity index (χ2n) is 4.38. The van der Waals surface area contributed by atoms with Gasteiger partial charge in [-0.25, -0.2) is 13.6 Å². The van der Waals surface area contributed by atoms with Gasteiger partial charge in [-0.15, -0.1) is 0 Å². The molecule has 0 N–H and O–H groups in total. The van der Waals surface area contributed by atoms with Gasteiger partial charge < -0.3 is 4.74 Å². The molecule has 0 aromatic rings. The molecule has 2 aliphatic rings. The van der Waals surface area contributed by atoms with Crippen LogP contribution in [0.15, 0.2) is 0 Å². The Morgan fingerprint density at radius 3 is 2.62 bits per heavy atom. The fraction of sp³-hybridized carbons (Fsp3) is 0.700. The first-order valence-corrected chi connectivity index (χ1v) is 4.97. The Kier molecular flexibility index (Phi) is 2.32. The van der Waals surface area contributed by atoms with Crippen LogP contribution in [0.2, 0.25) is 0 Å². The Balaban J connectivity index is 2.05. The molecule has 1 spiro atoms. The molecule has 0 heterocycles.